The first kappa shape index (κ1) is 17.2. The second-order valence-corrected chi connectivity index (χ2v) is 7.16. The second-order valence-electron chi connectivity index (χ2n) is 4.19. The van der Waals surface area contributed by atoms with Gasteiger partial charge in [0, 0.05) is 22.8 Å². The standard InChI is InChI=1S/C12H14Cl2O5S/c1-7(6-18-3)19-12(15)10-4-9(20(14,16)17)5-11(13)8(10)2/h4-5,7H,6H2,1-3H3. The third-order valence-corrected chi connectivity index (χ3v) is 4.25. The monoisotopic (exact) mass is 340 g/mol. The van der Waals surface area contributed by atoms with Gasteiger partial charge in [-0.1, -0.05) is 11.6 Å². The third kappa shape index (κ3) is 4.34. The van der Waals surface area contributed by atoms with Gasteiger partial charge in [-0.3, -0.25) is 0 Å². The Bertz CT molecular complexity index is 613. The van der Waals surface area contributed by atoms with Crippen LogP contribution in [-0.4, -0.2) is 34.2 Å². The number of methoxy groups -OCH3 is 1. The number of hydrogen-bond acceptors (Lipinski definition) is 5. The maximum atomic E-state index is 12.0. The summed E-state index contributed by atoms with van der Waals surface area (Å²) in [7, 11) is 2.75. The van der Waals surface area contributed by atoms with Gasteiger partial charge in [0.15, 0.2) is 0 Å². The van der Waals surface area contributed by atoms with Gasteiger partial charge in [0.05, 0.1) is 17.1 Å². The van der Waals surface area contributed by atoms with Crippen molar-refractivity contribution in [2.75, 3.05) is 13.7 Å². The van der Waals surface area contributed by atoms with Crippen molar-refractivity contribution in [3.05, 3.63) is 28.3 Å². The molecule has 0 amide bonds. The van der Waals surface area contributed by atoms with Gasteiger partial charge in [-0.25, -0.2) is 13.2 Å². The average molecular weight is 341 g/mol. The molecule has 0 spiro atoms. The Kier molecular flexibility index (Phi) is 5.82. The Hall–Kier alpha value is -0.820. The highest BCUT2D eigenvalue weighted by molar-refractivity contribution is 8.13. The van der Waals surface area contributed by atoms with Crippen molar-refractivity contribution in [2.24, 2.45) is 0 Å². The fraction of sp³-hybridized carbons (Fsp3) is 0.417. The number of halogens is 2. The summed E-state index contributed by atoms with van der Waals surface area (Å²) in [5.74, 6) is -0.684. The number of carbonyl (C=O) groups is 1. The largest absolute Gasteiger partial charge is 0.457 e. The SMILES string of the molecule is COCC(C)OC(=O)c1cc(S(=O)(=O)Cl)cc(Cl)c1C. The molecule has 0 aliphatic carbocycles. The molecule has 1 unspecified atom stereocenters. The maximum Gasteiger partial charge on any atom is 0.338 e. The molecule has 0 aliphatic rings. The summed E-state index contributed by atoms with van der Waals surface area (Å²) >= 11 is 5.91. The molecular weight excluding hydrogens is 327 g/mol. The lowest BCUT2D eigenvalue weighted by Gasteiger charge is -2.14. The first-order chi connectivity index (χ1) is 9.16. The Balaban J connectivity index is 3.17. The summed E-state index contributed by atoms with van der Waals surface area (Å²) in [6, 6.07) is 2.33. The molecule has 112 valence electrons. The minimum absolute atomic E-state index is 0.0553. The summed E-state index contributed by atoms with van der Waals surface area (Å²) in [4.78, 5) is 11.8. The minimum Gasteiger partial charge on any atom is -0.457 e. The van der Waals surface area contributed by atoms with Crippen LogP contribution in [0.3, 0.4) is 0 Å². The normalized spacial score (nSPS) is 13.1. The number of hydrogen-bond donors (Lipinski definition) is 0. The molecule has 0 bridgehead atoms. The second kappa shape index (κ2) is 6.76. The molecule has 0 aliphatic heterocycles. The lowest BCUT2D eigenvalue weighted by atomic mass is 10.1. The van der Waals surface area contributed by atoms with Crippen molar-refractivity contribution in [1.82, 2.24) is 0 Å². The first-order valence-electron chi connectivity index (χ1n) is 5.61. The fourth-order valence-corrected chi connectivity index (χ4v) is 2.59. The van der Waals surface area contributed by atoms with Crippen LogP contribution in [0.2, 0.25) is 5.02 Å². The Labute approximate surface area is 127 Å². The van der Waals surface area contributed by atoms with E-state index in [1.807, 2.05) is 0 Å². The van der Waals surface area contributed by atoms with E-state index in [0.717, 1.165) is 6.07 Å². The Morgan fingerprint density at radius 2 is 2.00 bits per heavy atom. The van der Waals surface area contributed by atoms with Crippen molar-refractivity contribution >= 4 is 37.3 Å². The number of benzene rings is 1. The van der Waals surface area contributed by atoms with Crippen molar-refractivity contribution < 1.29 is 22.7 Å². The number of carbonyl (C=O) groups excluding carboxylic acids is 1. The van der Waals surface area contributed by atoms with E-state index in [4.69, 9.17) is 31.8 Å². The molecule has 5 nitrogen and oxygen atoms in total. The lowest BCUT2D eigenvalue weighted by molar-refractivity contribution is 0.0119. The molecule has 0 saturated carbocycles. The van der Waals surface area contributed by atoms with E-state index in [-0.39, 0.29) is 22.1 Å². The van der Waals surface area contributed by atoms with Crippen molar-refractivity contribution in [1.29, 1.82) is 0 Å². The minimum atomic E-state index is -3.98. The zero-order valence-corrected chi connectivity index (χ0v) is 13.5. The van der Waals surface area contributed by atoms with E-state index in [2.05, 4.69) is 0 Å². The summed E-state index contributed by atoms with van der Waals surface area (Å²) < 4.78 is 32.6. The molecule has 1 atom stereocenters. The van der Waals surface area contributed by atoms with Crippen LogP contribution in [0.1, 0.15) is 22.8 Å². The number of rotatable bonds is 5. The zero-order chi connectivity index (χ0) is 15.5. The molecule has 0 heterocycles. The molecule has 0 N–H and O–H groups in total. The maximum absolute atomic E-state index is 12.0. The topological polar surface area (TPSA) is 69.7 Å². The van der Waals surface area contributed by atoms with Gasteiger partial charge < -0.3 is 9.47 Å². The molecule has 0 radical (unpaired) electrons. The van der Waals surface area contributed by atoms with Crippen LogP contribution in [0.5, 0.6) is 0 Å². The highest BCUT2D eigenvalue weighted by Crippen LogP contribution is 2.27. The smallest absolute Gasteiger partial charge is 0.338 e. The van der Waals surface area contributed by atoms with Crippen molar-refractivity contribution in [3.8, 4) is 0 Å². The van der Waals surface area contributed by atoms with Crippen LogP contribution in [0.25, 0.3) is 0 Å². The van der Waals surface area contributed by atoms with Crippen LogP contribution >= 0.6 is 22.3 Å². The predicted octanol–water partition coefficient (Wildman–Crippen LogP) is 2.77. The van der Waals surface area contributed by atoms with Crippen LogP contribution < -0.4 is 0 Å². The van der Waals surface area contributed by atoms with Gasteiger partial charge in [0.2, 0.25) is 0 Å². The molecule has 1 aromatic rings. The summed E-state index contributed by atoms with van der Waals surface area (Å²) in [6.07, 6.45) is -0.470. The van der Waals surface area contributed by atoms with Crippen molar-refractivity contribution in [2.45, 2.75) is 24.8 Å². The lowest BCUT2D eigenvalue weighted by Crippen LogP contribution is -2.20. The Morgan fingerprint density at radius 3 is 2.50 bits per heavy atom. The van der Waals surface area contributed by atoms with Gasteiger partial charge in [-0.15, -0.1) is 0 Å². The highest BCUT2D eigenvalue weighted by atomic mass is 35.7. The molecule has 0 fully saturated rings. The highest BCUT2D eigenvalue weighted by Gasteiger charge is 2.21. The van der Waals surface area contributed by atoms with Crippen LogP contribution in [0, 0.1) is 6.92 Å². The van der Waals surface area contributed by atoms with E-state index in [9.17, 15) is 13.2 Å². The van der Waals surface area contributed by atoms with E-state index in [0.29, 0.717) is 5.56 Å². The van der Waals surface area contributed by atoms with Crippen LogP contribution in [0.4, 0.5) is 0 Å². The van der Waals surface area contributed by atoms with Crippen LogP contribution in [0.15, 0.2) is 17.0 Å². The average Bonchev–Trinajstić information content (AvgIpc) is 2.31. The van der Waals surface area contributed by atoms with Gasteiger partial charge in [-0.05, 0) is 31.5 Å². The summed E-state index contributed by atoms with van der Waals surface area (Å²) in [5.41, 5.74) is 0.477. The van der Waals surface area contributed by atoms with Crippen molar-refractivity contribution in [3.63, 3.8) is 0 Å². The molecular formula is C12H14Cl2O5S. The quantitative estimate of drug-likeness (QED) is 0.608. The number of esters is 1. The predicted molar refractivity (Wildman–Crippen MR) is 76.0 cm³/mol. The van der Waals surface area contributed by atoms with Gasteiger partial charge in [0.25, 0.3) is 9.05 Å². The summed E-state index contributed by atoms with van der Waals surface area (Å²) in [6.45, 7) is 3.47. The van der Waals surface area contributed by atoms with E-state index < -0.39 is 21.1 Å². The zero-order valence-electron chi connectivity index (χ0n) is 11.1. The van der Waals surface area contributed by atoms with Gasteiger partial charge >= 0.3 is 5.97 Å². The van der Waals surface area contributed by atoms with E-state index in [1.54, 1.807) is 13.8 Å². The molecule has 8 heteroatoms. The van der Waals surface area contributed by atoms with Gasteiger partial charge in [-0.2, -0.15) is 0 Å². The first-order valence-corrected chi connectivity index (χ1v) is 8.30. The molecule has 1 rings (SSSR count). The molecule has 20 heavy (non-hydrogen) atoms. The molecule has 0 aromatic heterocycles. The van der Waals surface area contributed by atoms with Gasteiger partial charge in [0.1, 0.15) is 6.10 Å². The van der Waals surface area contributed by atoms with E-state index >= 15 is 0 Å². The Morgan fingerprint density at radius 1 is 1.40 bits per heavy atom. The molecule has 1 aromatic carbocycles. The number of ether oxygens (including phenoxy) is 2. The molecule has 0 saturated heterocycles. The summed E-state index contributed by atoms with van der Waals surface area (Å²) in [5, 5.41) is 0.123. The third-order valence-electron chi connectivity index (χ3n) is 2.53. The van der Waals surface area contributed by atoms with Crippen LogP contribution in [-0.2, 0) is 18.5 Å². The van der Waals surface area contributed by atoms with E-state index in [1.165, 1.54) is 13.2 Å². The fourth-order valence-electron chi connectivity index (χ4n) is 1.52.